The number of pyridine rings is 1. The van der Waals surface area contributed by atoms with Gasteiger partial charge in [0.2, 0.25) is 0 Å². The number of hydrogen-bond acceptors (Lipinski definition) is 4. The molecule has 0 spiro atoms. The molecular formula is C22H17F2NO4. The van der Waals surface area contributed by atoms with Gasteiger partial charge in [0.15, 0.2) is 5.76 Å². The largest absolute Gasteiger partial charge is 0.488 e. The summed E-state index contributed by atoms with van der Waals surface area (Å²) in [5.41, 5.74) is 3.00. The Bertz CT molecular complexity index is 1250. The number of ether oxygens (including phenoxy) is 1. The number of carboxylic acids is 1. The molecule has 4 rings (SSSR count). The van der Waals surface area contributed by atoms with Crippen molar-refractivity contribution >= 4 is 27.8 Å². The lowest BCUT2D eigenvalue weighted by atomic mass is 10.0. The van der Waals surface area contributed by atoms with E-state index in [4.69, 9.17) is 9.15 Å². The number of rotatable bonds is 5. The maximum Gasteiger partial charge on any atom is 0.336 e. The van der Waals surface area contributed by atoms with Crippen LogP contribution < -0.4 is 4.74 Å². The zero-order chi connectivity index (χ0) is 20.7. The van der Waals surface area contributed by atoms with E-state index < -0.39 is 19.0 Å². The zero-order valence-corrected chi connectivity index (χ0v) is 15.7. The van der Waals surface area contributed by atoms with Gasteiger partial charge in [-0.1, -0.05) is 18.2 Å². The summed E-state index contributed by atoms with van der Waals surface area (Å²) in [6.07, 6.45) is -2.62. The number of aromatic nitrogens is 1. The standard InChI is InChI=1S/C22H17F2NO4/c1-11-7-13(28-10-19(23)24)8-15-16(22(26)27)9-17(25-20(11)15)21-12(2)14-5-3-4-6-18(14)29-21/h3-9,19H,10H2,1-2H3,(H,26,27). The molecule has 7 heteroatoms. The lowest BCUT2D eigenvalue weighted by Crippen LogP contribution is -2.08. The van der Waals surface area contributed by atoms with Crippen LogP contribution in [0.2, 0.25) is 0 Å². The first-order valence-corrected chi connectivity index (χ1v) is 8.93. The molecule has 0 amide bonds. The number of alkyl halides is 2. The Labute approximate surface area is 164 Å². The Morgan fingerprint density at radius 1 is 1.17 bits per heavy atom. The van der Waals surface area contributed by atoms with Gasteiger partial charge in [-0.2, -0.15) is 0 Å². The summed E-state index contributed by atoms with van der Waals surface area (Å²) in [7, 11) is 0. The number of fused-ring (bicyclic) bond motifs is 2. The molecule has 0 bridgehead atoms. The van der Waals surface area contributed by atoms with Crippen molar-refractivity contribution < 1.29 is 27.8 Å². The van der Waals surface area contributed by atoms with E-state index in [0.29, 0.717) is 33.5 Å². The van der Waals surface area contributed by atoms with Crippen molar-refractivity contribution in [1.29, 1.82) is 0 Å². The number of nitrogens with zero attached hydrogens (tertiary/aromatic N) is 1. The van der Waals surface area contributed by atoms with Crippen molar-refractivity contribution in [1.82, 2.24) is 4.98 Å². The van der Waals surface area contributed by atoms with Gasteiger partial charge in [0.1, 0.15) is 23.6 Å². The molecule has 29 heavy (non-hydrogen) atoms. The molecule has 0 fully saturated rings. The van der Waals surface area contributed by atoms with Crippen LogP contribution >= 0.6 is 0 Å². The summed E-state index contributed by atoms with van der Waals surface area (Å²) < 4.78 is 35.9. The minimum absolute atomic E-state index is 0.00421. The van der Waals surface area contributed by atoms with Crippen LogP contribution in [0.1, 0.15) is 21.5 Å². The van der Waals surface area contributed by atoms with E-state index in [0.717, 1.165) is 10.9 Å². The number of hydrogen-bond donors (Lipinski definition) is 1. The summed E-state index contributed by atoms with van der Waals surface area (Å²) in [6, 6.07) is 11.9. The van der Waals surface area contributed by atoms with Gasteiger partial charge >= 0.3 is 5.97 Å². The van der Waals surface area contributed by atoms with Crippen molar-refractivity contribution in [3.8, 4) is 17.2 Å². The highest BCUT2D eigenvalue weighted by Crippen LogP contribution is 2.35. The van der Waals surface area contributed by atoms with E-state index in [2.05, 4.69) is 4.98 Å². The monoisotopic (exact) mass is 397 g/mol. The van der Waals surface area contributed by atoms with E-state index in [1.54, 1.807) is 13.0 Å². The molecule has 0 atom stereocenters. The molecule has 2 aromatic carbocycles. The van der Waals surface area contributed by atoms with Crippen molar-refractivity contribution in [2.75, 3.05) is 6.61 Å². The number of benzene rings is 2. The molecule has 1 N–H and O–H groups in total. The highest BCUT2D eigenvalue weighted by atomic mass is 19.3. The lowest BCUT2D eigenvalue weighted by Gasteiger charge is -2.12. The SMILES string of the molecule is Cc1c(-c2cc(C(=O)O)c3cc(OCC(F)F)cc(C)c3n2)oc2ccccc12. The third-order valence-corrected chi connectivity index (χ3v) is 4.76. The highest BCUT2D eigenvalue weighted by Gasteiger charge is 2.20. The van der Waals surface area contributed by atoms with E-state index in [1.165, 1.54) is 12.1 Å². The quantitative estimate of drug-likeness (QED) is 0.474. The summed E-state index contributed by atoms with van der Waals surface area (Å²) >= 11 is 0. The Balaban J connectivity index is 1.93. The first kappa shape index (κ1) is 18.9. The number of aromatic carboxylic acids is 1. The zero-order valence-electron chi connectivity index (χ0n) is 15.7. The highest BCUT2D eigenvalue weighted by molar-refractivity contribution is 6.05. The van der Waals surface area contributed by atoms with Crippen molar-refractivity contribution in [2.24, 2.45) is 0 Å². The van der Waals surface area contributed by atoms with Crippen LogP contribution in [-0.2, 0) is 0 Å². The third kappa shape index (κ3) is 3.40. The predicted octanol–water partition coefficient (Wildman–Crippen LogP) is 5.61. The van der Waals surface area contributed by atoms with E-state index in [-0.39, 0.29) is 11.3 Å². The van der Waals surface area contributed by atoms with Crippen LogP contribution in [0.25, 0.3) is 33.3 Å². The predicted molar refractivity (Wildman–Crippen MR) is 105 cm³/mol. The normalized spacial score (nSPS) is 11.5. The van der Waals surface area contributed by atoms with Gasteiger partial charge in [-0.15, -0.1) is 0 Å². The van der Waals surface area contributed by atoms with Gasteiger partial charge in [-0.25, -0.2) is 18.6 Å². The summed E-state index contributed by atoms with van der Waals surface area (Å²) in [5.74, 6) is -0.488. The van der Waals surface area contributed by atoms with Gasteiger partial charge in [0, 0.05) is 16.3 Å². The van der Waals surface area contributed by atoms with Crippen LogP contribution in [0.3, 0.4) is 0 Å². The topological polar surface area (TPSA) is 72.6 Å². The molecule has 0 aliphatic rings. The second-order valence-corrected chi connectivity index (χ2v) is 6.75. The minimum Gasteiger partial charge on any atom is -0.488 e. The van der Waals surface area contributed by atoms with Gasteiger partial charge in [0.05, 0.1) is 11.1 Å². The summed E-state index contributed by atoms with van der Waals surface area (Å²) in [4.78, 5) is 16.5. The molecule has 0 unspecified atom stereocenters. The fourth-order valence-electron chi connectivity index (χ4n) is 3.42. The van der Waals surface area contributed by atoms with Crippen LogP contribution in [0, 0.1) is 13.8 Å². The Morgan fingerprint density at radius 2 is 1.93 bits per heavy atom. The number of furan rings is 1. The number of para-hydroxylation sites is 1. The van der Waals surface area contributed by atoms with Crippen LogP contribution in [0.5, 0.6) is 5.75 Å². The Morgan fingerprint density at radius 3 is 2.62 bits per heavy atom. The fraction of sp³-hybridized carbons (Fsp3) is 0.182. The Kier molecular flexibility index (Phi) is 4.66. The van der Waals surface area contributed by atoms with Gasteiger partial charge in [0.25, 0.3) is 6.43 Å². The molecule has 2 aromatic heterocycles. The molecule has 2 heterocycles. The fourth-order valence-corrected chi connectivity index (χ4v) is 3.42. The smallest absolute Gasteiger partial charge is 0.336 e. The molecule has 0 aliphatic carbocycles. The van der Waals surface area contributed by atoms with E-state index in [1.807, 2.05) is 31.2 Å². The van der Waals surface area contributed by atoms with E-state index >= 15 is 0 Å². The van der Waals surface area contributed by atoms with Gasteiger partial charge < -0.3 is 14.3 Å². The average Bonchev–Trinajstić information content (AvgIpc) is 3.02. The van der Waals surface area contributed by atoms with E-state index in [9.17, 15) is 18.7 Å². The molecule has 0 aliphatic heterocycles. The second kappa shape index (κ2) is 7.16. The van der Waals surface area contributed by atoms with Gasteiger partial charge in [-0.3, -0.25) is 0 Å². The third-order valence-electron chi connectivity index (χ3n) is 4.76. The maximum atomic E-state index is 12.5. The van der Waals surface area contributed by atoms with Gasteiger partial charge in [-0.05, 0) is 43.7 Å². The Hall–Kier alpha value is -3.48. The molecule has 0 radical (unpaired) electrons. The molecule has 0 saturated carbocycles. The van der Waals surface area contributed by atoms with Crippen LogP contribution in [0.4, 0.5) is 8.78 Å². The number of aryl methyl sites for hydroxylation is 2. The van der Waals surface area contributed by atoms with Crippen LogP contribution in [0.15, 0.2) is 46.9 Å². The number of halogens is 2. The minimum atomic E-state index is -2.62. The average molecular weight is 397 g/mol. The maximum absolute atomic E-state index is 12.5. The van der Waals surface area contributed by atoms with Crippen molar-refractivity contribution in [3.63, 3.8) is 0 Å². The summed E-state index contributed by atoms with van der Waals surface area (Å²) in [5, 5.41) is 11.0. The molecule has 0 saturated heterocycles. The molecule has 5 nitrogen and oxygen atoms in total. The van der Waals surface area contributed by atoms with Crippen molar-refractivity contribution in [3.05, 3.63) is 59.2 Å². The molecular weight excluding hydrogens is 380 g/mol. The number of carboxylic acid groups (broad SMARTS) is 1. The first-order chi connectivity index (χ1) is 13.8. The number of carbonyl (C=O) groups is 1. The van der Waals surface area contributed by atoms with Crippen LogP contribution in [-0.4, -0.2) is 29.1 Å². The molecule has 4 aromatic rings. The second-order valence-electron chi connectivity index (χ2n) is 6.75. The summed E-state index contributed by atoms with van der Waals surface area (Å²) in [6.45, 7) is 2.85. The first-order valence-electron chi connectivity index (χ1n) is 8.93. The lowest BCUT2D eigenvalue weighted by molar-refractivity contribution is 0.0698. The van der Waals surface area contributed by atoms with Crippen molar-refractivity contribution in [2.45, 2.75) is 20.3 Å². The molecule has 148 valence electrons.